The van der Waals surface area contributed by atoms with Gasteiger partial charge >= 0.3 is 0 Å². The summed E-state index contributed by atoms with van der Waals surface area (Å²) < 4.78 is 0. The number of halogens is 1. The molecule has 0 fully saturated rings. The summed E-state index contributed by atoms with van der Waals surface area (Å²) in [7, 11) is 0. The molecule has 1 N–H and O–H groups in total. The topological polar surface area (TPSA) is 24.9 Å². The van der Waals surface area contributed by atoms with Crippen LogP contribution >= 0.6 is 12.4 Å². The van der Waals surface area contributed by atoms with Crippen molar-refractivity contribution in [2.75, 3.05) is 5.32 Å². The van der Waals surface area contributed by atoms with Crippen LogP contribution in [0.2, 0.25) is 0 Å². The monoisotopic (exact) mass is 270 g/mol. The van der Waals surface area contributed by atoms with Crippen LogP contribution in [0, 0.1) is 0 Å². The second-order valence-corrected chi connectivity index (χ2v) is 4.24. The van der Waals surface area contributed by atoms with Crippen LogP contribution in [0.15, 0.2) is 67.0 Å². The van der Waals surface area contributed by atoms with Crippen molar-refractivity contribution in [3.05, 3.63) is 72.6 Å². The van der Waals surface area contributed by atoms with Crippen molar-refractivity contribution in [2.45, 2.75) is 6.54 Å². The number of rotatable bonds is 3. The lowest BCUT2D eigenvalue weighted by Crippen LogP contribution is -1.99. The van der Waals surface area contributed by atoms with Gasteiger partial charge in [-0.1, -0.05) is 42.5 Å². The average molecular weight is 271 g/mol. The molecule has 0 bridgehead atoms. The van der Waals surface area contributed by atoms with E-state index in [1.165, 1.54) is 10.9 Å². The molecule has 19 heavy (non-hydrogen) atoms. The third kappa shape index (κ3) is 3.04. The van der Waals surface area contributed by atoms with Crippen LogP contribution in [0.4, 0.5) is 5.69 Å². The molecule has 3 rings (SSSR count). The average Bonchev–Trinajstić information content (AvgIpc) is 2.46. The lowest BCUT2D eigenvalue weighted by molar-refractivity contribution is 1.15. The first-order valence-corrected chi connectivity index (χ1v) is 6.04. The Balaban J connectivity index is 0.00000133. The minimum atomic E-state index is 0. The minimum absolute atomic E-state index is 0. The molecule has 0 aliphatic heterocycles. The molecule has 0 saturated heterocycles. The van der Waals surface area contributed by atoms with E-state index >= 15 is 0 Å². The molecule has 3 heteroatoms. The Labute approximate surface area is 118 Å². The van der Waals surface area contributed by atoms with E-state index in [-0.39, 0.29) is 12.4 Å². The van der Waals surface area contributed by atoms with Gasteiger partial charge in [-0.15, -0.1) is 12.4 Å². The number of nitrogens with zero attached hydrogens (tertiary/aromatic N) is 1. The summed E-state index contributed by atoms with van der Waals surface area (Å²) in [5.74, 6) is 0. The van der Waals surface area contributed by atoms with Crippen molar-refractivity contribution in [3.8, 4) is 0 Å². The fourth-order valence-electron chi connectivity index (χ4n) is 2.06. The van der Waals surface area contributed by atoms with Gasteiger partial charge in [-0.25, -0.2) is 0 Å². The van der Waals surface area contributed by atoms with Crippen molar-refractivity contribution in [1.29, 1.82) is 0 Å². The molecule has 1 heterocycles. The third-order valence-corrected chi connectivity index (χ3v) is 3.01. The smallest absolute Gasteiger partial charge is 0.0438 e. The Bertz CT molecular complexity index is 648. The molecular formula is C16H15ClN2. The maximum atomic E-state index is 4.19. The Morgan fingerprint density at radius 2 is 1.74 bits per heavy atom. The number of hydrogen-bond donors (Lipinski definition) is 1. The number of benzene rings is 2. The molecule has 0 saturated carbocycles. The molecule has 2 aromatic carbocycles. The number of nitrogens with one attached hydrogen (secondary N) is 1. The summed E-state index contributed by atoms with van der Waals surface area (Å²) in [5.41, 5.74) is 2.41. The second-order valence-electron chi connectivity index (χ2n) is 4.24. The van der Waals surface area contributed by atoms with Crippen molar-refractivity contribution in [1.82, 2.24) is 4.98 Å². The standard InChI is InChI=1S/C16H14N2.ClH/c1-2-5-13(6-3-1)11-18-16-8-4-7-14-9-10-17-12-15(14)16;/h1-10,12,18H,11H2;1H. The maximum Gasteiger partial charge on any atom is 0.0438 e. The lowest BCUT2D eigenvalue weighted by atomic mass is 10.1. The Hall–Kier alpha value is -2.06. The van der Waals surface area contributed by atoms with Crippen molar-refractivity contribution in [2.24, 2.45) is 0 Å². The summed E-state index contributed by atoms with van der Waals surface area (Å²) in [6.07, 6.45) is 3.73. The van der Waals surface area contributed by atoms with Crippen molar-refractivity contribution in [3.63, 3.8) is 0 Å². The van der Waals surface area contributed by atoms with Crippen LogP contribution < -0.4 is 5.32 Å². The van der Waals surface area contributed by atoms with Gasteiger partial charge in [0.25, 0.3) is 0 Å². The minimum Gasteiger partial charge on any atom is -0.380 e. The van der Waals surface area contributed by atoms with Gasteiger partial charge < -0.3 is 5.32 Å². The van der Waals surface area contributed by atoms with Crippen LogP contribution in [0.3, 0.4) is 0 Å². The van der Waals surface area contributed by atoms with Gasteiger partial charge in [0.2, 0.25) is 0 Å². The van der Waals surface area contributed by atoms with E-state index in [1.807, 2.05) is 24.5 Å². The molecule has 0 aliphatic rings. The normalized spacial score (nSPS) is 9.89. The zero-order valence-corrected chi connectivity index (χ0v) is 11.2. The predicted molar refractivity (Wildman–Crippen MR) is 82.8 cm³/mol. The highest BCUT2D eigenvalue weighted by molar-refractivity contribution is 5.93. The highest BCUT2D eigenvalue weighted by Crippen LogP contribution is 2.22. The van der Waals surface area contributed by atoms with Crippen LogP contribution in [-0.4, -0.2) is 4.98 Å². The second kappa shape index (κ2) is 6.21. The zero-order valence-electron chi connectivity index (χ0n) is 10.4. The summed E-state index contributed by atoms with van der Waals surface area (Å²) in [6, 6.07) is 18.7. The molecule has 0 aliphatic carbocycles. The predicted octanol–water partition coefficient (Wildman–Crippen LogP) is 4.27. The Morgan fingerprint density at radius 3 is 2.58 bits per heavy atom. The van der Waals surface area contributed by atoms with E-state index in [0.717, 1.165) is 17.6 Å². The van der Waals surface area contributed by atoms with Gasteiger partial charge in [-0.05, 0) is 23.1 Å². The first-order valence-electron chi connectivity index (χ1n) is 6.04. The first-order chi connectivity index (χ1) is 8.93. The number of hydrogen-bond acceptors (Lipinski definition) is 2. The maximum absolute atomic E-state index is 4.19. The highest BCUT2D eigenvalue weighted by Gasteiger charge is 1.99. The molecule has 3 aromatic rings. The van der Waals surface area contributed by atoms with Crippen molar-refractivity contribution < 1.29 is 0 Å². The number of fused-ring (bicyclic) bond motifs is 1. The van der Waals surface area contributed by atoms with Gasteiger partial charge in [0, 0.05) is 30.0 Å². The summed E-state index contributed by atoms with van der Waals surface area (Å²) in [4.78, 5) is 4.19. The number of aromatic nitrogens is 1. The van der Waals surface area contributed by atoms with Gasteiger partial charge in [-0.3, -0.25) is 4.98 Å². The zero-order chi connectivity index (χ0) is 12.2. The van der Waals surface area contributed by atoms with E-state index in [1.54, 1.807) is 0 Å². The molecule has 0 spiro atoms. The van der Waals surface area contributed by atoms with Crippen LogP contribution in [0.5, 0.6) is 0 Å². The molecule has 0 radical (unpaired) electrons. The molecule has 0 unspecified atom stereocenters. The number of anilines is 1. The van der Waals surface area contributed by atoms with Gasteiger partial charge in [-0.2, -0.15) is 0 Å². The highest BCUT2D eigenvalue weighted by atomic mass is 35.5. The summed E-state index contributed by atoms with van der Waals surface area (Å²) in [6.45, 7) is 0.828. The van der Waals surface area contributed by atoms with Gasteiger partial charge in [0.15, 0.2) is 0 Å². The molecular weight excluding hydrogens is 256 g/mol. The van der Waals surface area contributed by atoms with Crippen LogP contribution in [0.25, 0.3) is 10.8 Å². The lowest BCUT2D eigenvalue weighted by Gasteiger charge is -2.09. The molecule has 2 nitrogen and oxygen atoms in total. The quantitative estimate of drug-likeness (QED) is 0.769. The molecule has 0 atom stereocenters. The fraction of sp³-hybridized carbons (Fsp3) is 0.0625. The van der Waals surface area contributed by atoms with E-state index in [9.17, 15) is 0 Å². The number of pyridine rings is 1. The molecule has 0 amide bonds. The molecule has 96 valence electrons. The van der Waals surface area contributed by atoms with E-state index in [0.29, 0.717) is 0 Å². The largest absolute Gasteiger partial charge is 0.380 e. The summed E-state index contributed by atoms with van der Waals surface area (Å²) in [5, 5.41) is 5.84. The van der Waals surface area contributed by atoms with E-state index < -0.39 is 0 Å². The summed E-state index contributed by atoms with van der Waals surface area (Å²) >= 11 is 0. The van der Waals surface area contributed by atoms with Crippen molar-refractivity contribution >= 4 is 28.9 Å². The SMILES string of the molecule is Cl.c1ccc(CNc2cccc3ccncc23)cc1. The Kier molecular flexibility index (Phi) is 4.37. The van der Waals surface area contributed by atoms with E-state index in [4.69, 9.17) is 0 Å². The fourth-order valence-corrected chi connectivity index (χ4v) is 2.06. The van der Waals surface area contributed by atoms with Gasteiger partial charge in [0.05, 0.1) is 0 Å². The van der Waals surface area contributed by atoms with Gasteiger partial charge in [0.1, 0.15) is 0 Å². The third-order valence-electron chi connectivity index (χ3n) is 3.01. The molecule has 1 aromatic heterocycles. The van der Waals surface area contributed by atoms with Crippen LogP contribution in [0.1, 0.15) is 5.56 Å². The van der Waals surface area contributed by atoms with Crippen LogP contribution in [-0.2, 0) is 6.54 Å². The first kappa shape index (κ1) is 13.4. The Morgan fingerprint density at radius 1 is 0.895 bits per heavy atom. The van der Waals surface area contributed by atoms with E-state index in [2.05, 4.69) is 52.8 Å².